The minimum atomic E-state index is -3.95. The van der Waals surface area contributed by atoms with Gasteiger partial charge in [-0.05, 0) is 18.4 Å². The highest BCUT2D eigenvalue weighted by Crippen LogP contribution is 2.13. The van der Waals surface area contributed by atoms with Gasteiger partial charge in [-0.15, -0.1) is 0 Å². The average molecular weight is 287 g/mol. The quantitative estimate of drug-likeness (QED) is 0.697. The lowest BCUT2D eigenvalue weighted by Crippen LogP contribution is -2.41. The van der Waals surface area contributed by atoms with E-state index in [4.69, 9.17) is 10.8 Å². The summed E-state index contributed by atoms with van der Waals surface area (Å²) in [5.74, 6) is -1.17. The molecule has 8 heteroatoms. The van der Waals surface area contributed by atoms with Crippen molar-refractivity contribution in [2.45, 2.75) is 31.2 Å². The molecule has 1 rings (SSSR count). The van der Waals surface area contributed by atoms with E-state index in [2.05, 4.69) is 9.71 Å². The highest BCUT2D eigenvalue weighted by Gasteiger charge is 2.26. The third-order valence-electron chi connectivity index (χ3n) is 2.35. The predicted octanol–water partition coefficient (Wildman–Crippen LogP) is 0.441. The molecule has 1 heterocycles. The minimum Gasteiger partial charge on any atom is -0.480 e. The molecule has 0 saturated heterocycles. The Labute approximate surface area is 111 Å². The van der Waals surface area contributed by atoms with Crippen LogP contribution in [0.25, 0.3) is 0 Å². The predicted molar refractivity (Wildman–Crippen MR) is 69.8 cm³/mol. The number of aromatic nitrogens is 1. The second kappa shape index (κ2) is 5.98. The molecule has 4 N–H and O–H groups in total. The van der Waals surface area contributed by atoms with Gasteiger partial charge in [0.1, 0.15) is 10.9 Å². The number of nitrogens with zero attached hydrogens (tertiary/aromatic N) is 1. The number of nitrogens with two attached hydrogens (primary N) is 1. The van der Waals surface area contributed by atoms with Gasteiger partial charge < -0.3 is 10.8 Å². The number of anilines is 1. The van der Waals surface area contributed by atoms with E-state index in [0.29, 0.717) is 0 Å². The van der Waals surface area contributed by atoms with Crippen LogP contribution in [0.2, 0.25) is 0 Å². The van der Waals surface area contributed by atoms with Crippen LogP contribution in [-0.2, 0) is 14.8 Å². The summed E-state index contributed by atoms with van der Waals surface area (Å²) in [4.78, 5) is 14.6. The third-order valence-corrected chi connectivity index (χ3v) is 3.79. The summed E-state index contributed by atoms with van der Waals surface area (Å²) in [5, 5.41) is 9.02. The molecule has 0 aliphatic rings. The molecular formula is C11H17N3O4S. The maximum Gasteiger partial charge on any atom is 0.321 e. The summed E-state index contributed by atoms with van der Waals surface area (Å²) in [6.07, 6.45) is 2.62. The van der Waals surface area contributed by atoms with Crippen LogP contribution in [0, 0.1) is 5.92 Å². The van der Waals surface area contributed by atoms with Crippen LogP contribution >= 0.6 is 0 Å². The molecule has 0 bridgehead atoms. The first-order valence-corrected chi connectivity index (χ1v) is 7.16. The normalized spacial score (nSPS) is 13.4. The maximum absolute atomic E-state index is 12.0. The van der Waals surface area contributed by atoms with Gasteiger partial charge in [0.15, 0.2) is 0 Å². The molecule has 106 valence electrons. The number of sulfonamides is 1. The summed E-state index contributed by atoms with van der Waals surface area (Å²) < 4.78 is 26.2. The van der Waals surface area contributed by atoms with Gasteiger partial charge in [-0.1, -0.05) is 13.8 Å². The molecule has 0 radical (unpaired) electrons. The largest absolute Gasteiger partial charge is 0.480 e. The molecule has 0 aromatic carbocycles. The van der Waals surface area contributed by atoms with Crippen molar-refractivity contribution in [1.29, 1.82) is 0 Å². The number of carbonyl (C=O) groups is 1. The van der Waals surface area contributed by atoms with Gasteiger partial charge in [0, 0.05) is 12.4 Å². The van der Waals surface area contributed by atoms with Crippen molar-refractivity contribution in [3.63, 3.8) is 0 Å². The van der Waals surface area contributed by atoms with Crippen LogP contribution in [0.4, 0.5) is 5.69 Å². The van der Waals surface area contributed by atoms with E-state index in [0.717, 1.165) is 6.20 Å². The fourth-order valence-corrected chi connectivity index (χ4v) is 2.71. The van der Waals surface area contributed by atoms with Crippen molar-refractivity contribution in [3.8, 4) is 0 Å². The van der Waals surface area contributed by atoms with E-state index in [-0.39, 0.29) is 22.9 Å². The van der Waals surface area contributed by atoms with Crippen LogP contribution in [0.5, 0.6) is 0 Å². The van der Waals surface area contributed by atoms with Gasteiger partial charge in [0.25, 0.3) is 0 Å². The lowest BCUT2D eigenvalue weighted by molar-refractivity contribution is -0.139. The summed E-state index contributed by atoms with van der Waals surface area (Å²) >= 11 is 0. The molecular weight excluding hydrogens is 270 g/mol. The summed E-state index contributed by atoms with van der Waals surface area (Å²) in [7, 11) is -3.95. The van der Waals surface area contributed by atoms with Crippen molar-refractivity contribution in [2.75, 3.05) is 5.73 Å². The number of nitrogen functional groups attached to an aromatic ring is 1. The summed E-state index contributed by atoms with van der Waals surface area (Å²) in [6.45, 7) is 3.62. The molecule has 19 heavy (non-hydrogen) atoms. The zero-order valence-corrected chi connectivity index (χ0v) is 11.5. The minimum absolute atomic E-state index is 0.0442. The molecule has 0 amide bonds. The van der Waals surface area contributed by atoms with Crippen molar-refractivity contribution >= 4 is 21.7 Å². The van der Waals surface area contributed by atoms with E-state index >= 15 is 0 Å². The monoisotopic (exact) mass is 287 g/mol. The maximum atomic E-state index is 12.0. The van der Waals surface area contributed by atoms with E-state index in [1.807, 2.05) is 13.8 Å². The lowest BCUT2D eigenvalue weighted by Gasteiger charge is -2.16. The zero-order valence-electron chi connectivity index (χ0n) is 10.7. The Morgan fingerprint density at radius 1 is 1.47 bits per heavy atom. The Bertz CT molecular complexity index is 557. The molecule has 1 atom stereocenters. The third kappa shape index (κ3) is 4.49. The summed E-state index contributed by atoms with van der Waals surface area (Å²) in [6, 6.07) is 0.0512. The first-order chi connectivity index (χ1) is 8.72. The van der Waals surface area contributed by atoms with Gasteiger partial charge >= 0.3 is 5.97 Å². The zero-order chi connectivity index (χ0) is 14.6. The van der Waals surface area contributed by atoms with Crippen molar-refractivity contribution in [2.24, 2.45) is 5.92 Å². The number of nitrogens with one attached hydrogen (secondary N) is 1. The molecule has 0 aliphatic carbocycles. The first-order valence-electron chi connectivity index (χ1n) is 5.68. The number of carboxylic acid groups (broad SMARTS) is 1. The van der Waals surface area contributed by atoms with E-state index in [9.17, 15) is 13.2 Å². The van der Waals surface area contributed by atoms with Crippen molar-refractivity contribution in [1.82, 2.24) is 9.71 Å². The van der Waals surface area contributed by atoms with Gasteiger partial charge in [0.2, 0.25) is 10.0 Å². The van der Waals surface area contributed by atoms with Crippen LogP contribution in [0.3, 0.4) is 0 Å². The Hall–Kier alpha value is -1.67. The van der Waals surface area contributed by atoms with E-state index in [1.165, 1.54) is 12.3 Å². The van der Waals surface area contributed by atoms with Gasteiger partial charge in [-0.25, -0.2) is 8.42 Å². The van der Waals surface area contributed by atoms with Crippen LogP contribution < -0.4 is 10.5 Å². The molecule has 1 unspecified atom stereocenters. The Balaban J connectivity index is 2.97. The molecule has 0 saturated carbocycles. The van der Waals surface area contributed by atoms with Crippen molar-refractivity contribution in [3.05, 3.63) is 18.5 Å². The molecule has 0 aliphatic heterocycles. The molecule has 0 spiro atoms. The second-order valence-electron chi connectivity index (χ2n) is 4.60. The number of pyridine rings is 1. The van der Waals surface area contributed by atoms with Gasteiger partial charge in [-0.3, -0.25) is 9.78 Å². The Morgan fingerprint density at radius 3 is 2.58 bits per heavy atom. The molecule has 1 aromatic rings. The summed E-state index contributed by atoms with van der Waals surface area (Å²) in [5.41, 5.74) is 5.65. The second-order valence-corrected chi connectivity index (χ2v) is 6.31. The number of aliphatic carboxylic acids is 1. The van der Waals surface area contributed by atoms with Gasteiger partial charge in [-0.2, -0.15) is 4.72 Å². The SMILES string of the molecule is CC(C)CC(NS(=O)(=O)c1cncc(N)c1)C(=O)O. The average Bonchev–Trinajstić information content (AvgIpc) is 2.27. The van der Waals surface area contributed by atoms with Gasteiger partial charge in [0.05, 0.1) is 5.69 Å². The fraction of sp³-hybridized carbons (Fsp3) is 0.455. The number of hydrogen-bond donors (Lipinski definition) is 3. The molecule has 7 nitrogen and oxygen atoms in total. The molecule has 0 fully saturated rings. The number of hydrogen-bond acceptors (Lipinski definition) is 5. The van der Waals surface area contributed by atoms with Crippen LogP contribution in [0.1, 0.15) is 20.3 Å². The van der Waals surface area contributed by atoms with Crippen LogP contribution in [0.15, 0.2) is 23.4 Å². The van der Waals surface area contributed by atoms with E-state index in [1.54, 1.807) is 0 Å². The van der Waals surface area contributed by atoms with E-state index < -0.39 is 22.0 Å². The topological polar surface area (TPSA) is 122 Å². The Kier molecular flexibility index (Phi) is 4.84. The fourth-order valence-electron chi connectivity index (χ4n) is 1.51. The lowest BCUT2D eigenvalue weighted by atomic mass is 10.1. The number of carboxylic acids is 1. The molecule has 1 aromatic heterocycles. The standard InChI is InChI=1S/C11H17N3O4S/c1-7(2)3-10(11(15)16)14-19(17,18)9-4-8(12)5-13-6-9/h4-7,10,14H,3,12H2,1-2H3,(H,15,16). The first kappa shape index (κ1) is 15.4. The smallest absolute Gasteiger partial charge is 0.321 e. The van der Waals surface area contributed by atoms with Crippen LogP contribution in [-0.4, -0.2) is 30.5 Å². The van der Waals surface area contributed by atoms with Crippen molar-refractivity contribution < 1.29 is 18.3 Å². The Morgan fingerprint density at radius 2 is 2.11 bits per heavy atom. The number of rotatable bonds is 6. The highest BCUT2D eigenvalue weighted by molar-refractivity contribution is 7.89. The highest BCUT2D eigenvalue weighted by atomic mass is 32.2.